The molecule has 0 radical (unpaired) electrons. The van der Waals surface area contributed by atoms with Crippen LogP contribution in [0.4, 0.5) is 5.69 Å². The van der Waals surface area contributed by atoms with Crippen molar-refractivity contribution in [1.29, 1.82) is 0 Å². The second-order valence-electron chi connectivity index (χ2n) is 5.76. The lowest BCUT2D eigenvalue weighted by Crippen LogP contribution is -2.32. The molecule has 0 saturated carbocycles. The number of benzene rings is 2. The van der Waals surface area contributed by atoms with Crippen molar-refractivity contribution in [2.75, 3.05) is 11.9 Å². The Morgan fingerprint density at radius 2 is 1.84 bits per heavy atom. The van der Waals surface area contributed by atoms with E-state index in [9.17, 15) is 9.59 Å². The van der Waals surface area contributed by atoms with E-state index in [-0.39, 0.29) is 24.1 Å². The van der Waals surface area contributed by atoms with Gasteiger partial charge in [-0.15, -0.1) is 6.58 Å². The minimum absolute atomic E-state index is 0.160. The van der Waals surface area contributed by atoms with Crippen LogP contribution in [0.15, 0.2) is 66.9 Å². The molecule has 2 aromatic carbocycles. The topological polar surface area (TPSA) is 49.4 Å². The Morgan fingerprint density at radius 1 is 1.12 bits per heavy atom. The van der Waals surface area contributed by atoms with E-state index in [0.717, 1.165) is 11.3 Å². The number of nitrogens with one attached hydrogen (secondary N) is 1. The summed E-state index contributed by atoms with van der Waals surface area (Å²) in [7, 11) is 0. The number of hydrogen-bond acceptors (Lipinski definition) is 3. The standard InChI is InChI=1S/C20H17ClN2O2/c1-3-11-23-19(24)17(14-7-9-15(21)10-8-14)18(20(23)25)22-16-6-4-5-13(2)12-16/h3-10,12,22H,1,11H2,2H3. The number of carbonyl (C=O) groups is 2. The number of hydrogen-bond donors (Lipinski definition) is 1. The molecule has 3 rings (SSSR count). The Bertz CT molecular complexity index is 885. The van der Waals surface area contributed by atoms with E-state index < -0.39 is 0 Å². The summed E-state index contributed by atoms with van der Waals surface area (Å²) in [5.41, 5.74) is 3.05. The number of nitrogens with zero attached hydrogens (tertiary/aromatic N) is 1. The summed E-state index contributed by atoms with van der Waals surface area (Å²) in [5.74, 6) is -0.710. The van der Waals surface area contributed by atoms with E-state index in [4.69, 9.17) is 11.6 Å². The highest BCUT2D eigenvalue weighted by Gasteiger charge is 2.38. The van der Waals surface area contributed by atoms with Crippen molar-refractivity contribution in [3.63, 3.8) is 0 Å². The Hall–Kier alpha value is -2.85. The first-order chi connectivity index (χ1) is 12.0. The second kappa shape index (κ2) is 6.95. The minimum Gasteiger partial charge on any atom is -0.350 e. The Labute approximate surface area is 151 Å². The van der Waals surface area contributed by atoms with Gasteiger partial charge >= 0.3 is 0 Å². The highest BCUT2D eigenvalue weighted by Crippen LogP contribution is 2.31. The summed E-state index contributed by atoms with van der Waals surface area (Å²) in [6, 6.07) is 14.5. The lowest BCUT2D eigenvalue weighted by molar-refractivity contribution is -0.136. The van der Waals surface area contributed by atoms with Crippen molar-refractivity contribution in [3.05, 3.63) is 83.0 Å². The second-order valence-corrected chi connectivity index (χ2v) is 6.20. The van der Waals surface area contributed by atoms with Crippen molar-refractivity contribution in [2.24, 2.45) is 0 Å². The van der Waals surface area contributed by atoms with Gasteiger partial charge < -0.3 is 5.32 Å². The molecule has 0 aromatic heterocycles. The van der Waals surface area contributed by atoms with E-state index in [2.05, 4.69) is 11.9 Å². The maximum atomic E-state index is 12.8. The largest absolute Gasteiger partial charge is 0.350 e. The molecule has 0 aliphatic carbocycles. The molecule has 0 saturated heterocycles. The predicted octanol–water partition coefficient (Wildman–Crippen LogP) is 4.03. The molecular formula is C20H17ClN2O2. The molecule has 1 N–H and O–H groups in total. The normalized spacial score (nSPS) is 14.2. The van der Waals surface area contributed by atoms with E-state index >= 15 is 0 Å². The average molecular weight is 353 g/mol. The summed E-state index contributed by atoms with van der Waals surface area (Å²) in [5, 5.41) is 3.68. The third-order valence-electron chi connectivity index (χ3n) is 3.90. The van der Waals surface area contributed by atoms with Crippen LogP contribution >= 0.6 is 11.6 Å². The molecule has 0 unspecified atom stereocenters. The van der Waals surface area contributed by atoms with Gasteiger partial charge in [0.05, 0.1) is 5.57 Å². The zero-order chi connectivity index (χ0) is 18.0. The number of aryl methyl sites for hydroxylation is 1. The van der Waals surface area contributed by atoms with E-state index in [0.29, 0.717) is 16.2 Å². The first kappa shape index (κ1) is 17.0. The van der Waals surface area contributed by atoms with Gasteiger partial charge in [0.25, 0.3) is 11.8 Å². The third kappa shape index (κ3) is 3.35. The SMILES string of the molecule is C=CCN1C(=O)C(Nc2cccc(C)c2)=C(c2ccc(Cl)cc2)C1=O. The van der Waals surface area contributed by atoms with Gasteiger partial charge in [0.15, 0.2) is 0 Å². The first-order valence-corrected chi connectivity index (χ1v) is 8.20. The molecule has 1 aliphatic heterocycles. The van der Waals surface area contributed by atoms with Crippen LogP contribution < -0.4 is 5.32 Å². The summed E-state index contributed by atoms with van der Waals surface area (Å²) < 4.78 is 0. The quantitative estimate of drug-likeness (QED) is 0.653. The van der Waals surface area contributed by atoms with E-state index in [1.54, 1.807) is 24.3 Å². The smallest absolute Gasteiger partial charge is 0.278 e. The summed E-state index contributed by atoms with van der Waals surface area (Å²) in [6.45, 7) is 5.74. The summed E-state index contributed by atoms with van der Waals surface area (Å²) in [6.07, 6.45) is 1.53. The molecule has 2 amide bonds. The van der Waals surface area contributed by atoms with Crippen LogP contribution in [-0.4, -0.2) is 23.3 Å². The monoisotopic (exact) mass is 352 g/mol. The Balaban J connectivity index is 2.08. The van der Waals surface area contributed by atoms with Gasteiger partial charge in [-0.25, -0.2) is 0 Å². The van der Waals surface area contributed by atoms with Crippen LogP contribution in [0.5, 0.6) is 0 Å². The molecule has 4 nitrogen and oxygen atoms in total. The van der Waals surface area contributed by atoms with Crippen molar-refractivity contribution < 1.29 is 9.59 Å². The fourth-order valence-electron chi connectivity index (χ4n) is 2.74. The highest BCUT2D eigenvalue weighted by atomic mass is 35.5. The lowest BCUT2D eigenvalue weighted by Gasteiger charge is -2.12. The van der Waals surface area contributed by atoms with Crippen molar-refractivity contribution >= 4 is 34.7 Å². The number of imide groups is 1. The van der Waals surface area contributed by atoms with E-state index in [1.807, 2.05) is 31.2 Å². The molecular weight excluding hydrogens is 336 g/mol. The van der Waals surface area contributed by atoms with Crippen LogP contribution in [0.3, 0.4) is 0 Å². The molecule has 0 spiro atoms. The Morgan fingerprint density at radius 3 is 2.48 bits per heavy atom. The molecule has 25 heavy (non-hydrogen) atoms. The molecule has 1 heterocycles. The number of anilines is 1. The Kier molecular flexibility index (Phi) is 4.72. The summed E-state index contributed by atoms with van der Waals surface area (Å²) >= 11 is 5.94. The van der Waals surface area contributed by atoms with Gasteiger partial charge in [-0.2, -0.15) is 0 Å². The van der Waals surface area contributed by atoms with Crippen LogP contribution in [0.25, 0.3) is 5.57 Å². The molecule has 0 fully saturated rings. The molecule has 2 aromatic rings. The third-order valence-corrected chi connectivity index (χ3v) is 4.15. The highest BCUT2D eigenvalue weighted by molar-refractivity contribution is 6.37. The lowest BCUT2D eigenvalue weighted by atomic mass is 10.0. The van der Waals surface area contributed by atoms with Crippen molar-refractivity contribution in [1.82, 2.24) is 4.90 Å². The molecule has 5 heteroatoms. The molecule has 126 valence electrons. The van der Waals surface area contributed by atoms with Gasteiger partial charge in [0, 0.05) is 17.3 Å². The van der Waals surface area contributed by atoms with Gasteiger partial charge in [-0.05, 0) is 42.3 Å². The number of rotatable bonds is 5. The first-order valence-electron chi connectivity index (χ1n) is 7.82. The average Bonchev–Trinajstić information content (AvgIpc) is 2.81. The number of halogens is 1. The van der Waals surface area contributed by atoms with E-state index in [1.165, 1.54) is 11.0 Å². The minimum atomic E-state index is -0.364. The molecule has 0 atom stereocenters. The van der Waals surface area contributed by atoms with Gasteiger partial charge in [-0.1, -0.05) is 41.9 Å². The fraction of sp³-hybridized carbons (Fsp3) is 0.100. The zero-order valence-electron chi connectivity index (χ0n) is 13.8. The number of carbonyl (C=O) groups excluding carboxylic acids is 2. The fourth-order valence-corrected chi connectivity index (χ4v) is 2.86. The van der Waals surface area contributed by atoms with Crippen LogP contribution in [0, 0.1) is 6.92 Å². The van der Waals surface area contributed by atoms with Crippen molar-refractivity contribution in [2.45, 2.75) is 6.92 Å². The van der Waals surface area contributed by atoms with Crippen LogP contribution in [0.1, 0.15) is 11.1 Å². The zero-order valence-corrected chi connectivity index (χ0v) is 14.5. The van der Waals surface area contributed by atoms with Gasteiger partial charge in [0.2, 0.25) is 0 Å². The van der Waals surface area contributed by atoms with Gasteiger partial charge in [-0.3, -0.25) is 14.5 Å². The van der Waals surface area contributed by atoms with Gasteiger partial charge in [0.1, 0.15) is 5.70 Å². The molecule has 1 aliphatic rings. The number of amides is 2. The molecule has 0 bridgehead atoms. The maximum Gasteiger partial charge on any atom is 0.278 e. The maximum absolute atomic E-state index is 12.8. The van der Waals surface area contributed by atoms with Crippen LogP contribution in [-0.2, 0) is 9.59 Å². The van der Waals surface area contributed by atoms with Crippen molar-refractivity contribution in [3.8, 4) is 0 Å². The van der Waals surface area contributed by atoms with Crippen LogP contribution in [0.2, 0.25) is 5.02 Å². The predicted molar refractivity (Wildman–Crippen MR) is 100 cm³/mol. The summed E-state index contributed by atoms with van der Waals surface area (Å²) in [4.78, 5) is 26.7.